The molecule has 0 N–H and O–H groups in total. The Morgan fingerprint density at radius 1 is 0.738 bits per heavy atom. The van der Waals surface area contributed by atoms with Gasteiger partial charge in [0, 0.05) is 0 Å². The quantitative estimate of drug-likeness (QED) is 0.191. The Bertz CT molecular complexity index is 1440. The van der Waals surface area contributed by atoms with Gasteiger partial charge in [-0.05, 0) is 69.2 Å². The van der Waals surface area contributed by atoms with Crippen LogP contribution >= 0.6 is 0 Å². The minimum Gasteiger partial charge on any atom is -0.461 e. The van der Waals surface area contributed by atoms with Crippen LogP contribution in [-0.2, 0) is 42.1 Å². The van der Waals surface area contributed by atoms with E-state index in [1.54, 1.807) is 52.0 Å². The van der Waals surface area contributed by atoms with Gasteiger partial charge >= 0.3 is 11.9 Å². The smallest absolute Gasteiger partial charge is 0.312 e. The molecule has 3 aromatic carbocycles. The summed E-state index contributed by atoms with van der Waals surface area (Å²) in [6, 6.07) is 25.5. The van der Waals surface area contributed by atoms with Crippen molar-refractivity contribution in [3.63, 3.8) is 0 Å². The monoisotopic (exact) mass is 592 g/mol. The first kappa shape index (κ1) is 33.1. The molecule has 0 aliphatic heterocycles. The highest BCUT2D eigenvalue weighted by atomic mass is 32.2. The number of ether oxygens (including phenoxy) is 2. The van der Waals surface area contributed by atoms with Crippen molar-refractivity contribution in [3.8, 4) is 0 Å². The van der Waals surface area contributed by atoms with Gasteiger partial charge in [0.1, 0.15) is 13.2 Å². The van der Waals surface area contributed by atoms with E-state index in [-0.39, 0.29) is 36.9 Å². The molecule has 0 saturated heterocycles. The van der Waals surface area contributed by atoms with E-state index in [4.69, 9.17) is 9.47 Å². The van der Waals surface area contributed by atoms with Gasteiger partial charge in [0.15, 0.2) is 9.84 Å². The van der Waals surface area contributed by atoms with E-state index in [0.29, 0.717) is 0 Å². The molecule has 0 amide bonds. The summed E-state index contributed by atoms with van der Waals surface area (Å²) in [5, 5.41) is 0. The summed E-state index contributed by atoms with van der Waals surface area (Å²) in [5.41, 5.74) is 0.559. The average Bonchev–Trinajstić information content (AvgIpc) is 2.95. The Labute approximate surface area is 251 Å². The number of rotatable bonds is 13. The number of carbonyl (C=O) groups excluding carboxylic acids is 2. The van der Waals surface area contributed by atoms with Crippen molar-refractivity contribution < 1.29 is 27.5 Å². The van der Waals surface area contributed by atoms with Crippen LogP contribution in [0.4, 0.5) is 0 Å². The van der Waals surface area contributed by atoms with Crippen LogP contribution in [0.2, 0.25) is 0 Å². The average molecular weight is 593 g/mol. The minimum atomic E-state index is -3.83. The van der Waals surface area contributed by atoms with Gasteiger partial charge in [0.25, 0.3) is 0 Å². The maximum atomic E-state index is 14.0. The Kier molecular flexibility index (Phi) is 10.4. The SMILES string of the molecule is Cc1ccc(S(=O)(=O)C(C)(C)CC(C)(C(=O)OCc2ccccc2)C(C)(C)CC(C)C(=O)OCc2ccccc2)cc1. The number of aryl methyl sites for hydroxylation is 1. The van der Waals surface area contributed by atoms with Crippen LogP contribution in [-0.4, -0.2) is 25.1 Å². The minimum absolute atomic E-state index is 0.0113. The summed E-state index contributed by atoms with van der Waals surface area (Å²) < 4.78 is 37.9. The van der Waals surface area contributed by atoms with Crippen molar-refractivity contribution in [2.45, 2.75) is 84.2 Å². The Hall–Kier alpha value is -3.45. The molecule has 0 fully saturated rings. The summed E-state index contributed by atoms with van der Waals surface area (Å²) in [5.74, 6) is -1.42. The van der Waals surface area contributed by atoms with E-state index in [0.717, 1.165) is 16.7 Å². The number of hydrogen-bond donors (Lipinski definition) is 0. The molecular weight excluding hydrogens is 548 g/mol. The Morgan fingerprint density at radius 3 is 1.71 bits per heavy atom. The zero-order chi connectivity index (χ0) is 31.2. The van der Waals surface area contributed by atoms with Crippen LogP contribution in [0.1, 0.15) is 71.1 Å². The van der Waals surface area contributed by atoms with Gasteiger partial charge in [-0.2, -0.15) is 0 Å². The number of sulfone groups is 1. The Balaban J connectivity index is 1.89. The van der Waals surface area contributed by atoms with Crippen LogP contribution in [0.15, 0.2) is 89.8 Å². The molecule has 0 heterocycles. The first-order chi connectivity index (χ1) is 19.6. The lowest BCUT2D eigenvalue weighted by Crippen LogP contribution is -2.50. The van der Waals surface area contributed by atoms with Gasteiger partial charge in [0.2, 0.25) is 0 Å². The van der Waals surface area contributed by atoms with Crippen molar-refractivity contribution in [2.75, 3.05) is 0 Å². The molecule has 0 spiro atoms. The maximum absolute atomic E-state index is 14.0. The Morgan fingerprint density at radius 2 is 1.21 bits per heavy atom. The van der Waals surface area contributed by atoms with Crippen molar-refractivity contribution in [2.24, 2.45) is 16.7 Å². The van der Waals surface area contributed by atoms with Gasteiger partial charge in [-0.25, -0.2) is 8.42 Å². The van der Waals surface area contributed by atoms with Crippen LogP contribution in [0.5, 0.6) is 0 Å². The molecule has 2 unspecified atom stereocenters. The molecule has 0 aliphatic rings. The lowest BCUT2D eigenvalue weighted by Gasteiger charge is -2.46. The third-order valence-electron chi connectivity index (χ3n) is 8.44. The first-order valence-corrected chi connectivity index (χ1v) is 15.8. The molecule has 0 bridgehead atoms. The highest BCUT2D eigenvalue weighted by molar-refractivity contribution is 7.92. The molecule has 0 saturated carbocycles. The second-order valence-corrected chi connectivity index (χ2v) is 15.3. The molecule has 0 radical (unpaired) electrons. The highest BCUT2D eigenvalue weighted by Crippen LogP contribution is 2.51. The van der Waals surface area contributed by atoms with Crippen molar-refractivity contribution in [1.29, 1.82) is 0 Å². The lowest BCUT2D eigenvalue weighted by molar-refractivity contribution is -0.168. The number of hydrogen-bond acceptors (Lipinski definition) is 6. The summed E-state index contributed by atoms with van der Waals surface area (Å²) in [6.45, 7) is 12.7. The van der Waals surface area contributed by atoms with Crippen LogP contribution in [0, 0.1) is 23.7 Å². The summed E-state index contributed by atoms with van der Waals surface area (Å²) in [7, 11) is -3.83. The van der Waals surface area contributed by atoms with Gasteiger partial charge in [0.05, 0.1) is 21.0 Å². The molecule has 0 aliphatic carbocycles. The summed E-state index contributed by atoms with van der Waals surface area (Å²) >= 11 is 0. The van der Waals surface area contributed by atoms with Crippen molar-refractivity contribution in [1.82, 2.24) is 0 Å². The van der Waals surface area contributed by atoms with Crippen molar-refractivity contribution >= 4 is 21.8 Å². The molecule has 3 aromatic rings. The first-order valence-electron chi connectivity index (χ1n) is 14.3. The van der Waals surface area contributed by atoms with Crippen LogP contribution < -0.4 is 0 Å². The second-order valence-electron chi connectivity index (χ2n) is 12.7. The fraction of sp³-hybridized carbons (Fsp3) is 0.429. The second kappa shape index (κ2) is 13.2. The molecule has 42 heavy (non-hydrogen) atoms. The van der Waals surface area contributed by atoms with Gasteiger partial charge in [-0.3, -0.25) is 9.59 Å². The molecule has 7 heteroatoms. The molecule has 2 atom stereocenters. The summed E-state index contributed by atoms with van der Waals surface area (Å²) in [4.78, 5) is 27.2. The van der Waals surface area contributed by atoms with Gasteiger partial charge in [-0.15, -0.1) is 0 Å². The third-order valence-corrected chi connectivity index (χ3v) is 10.9. The normalized spacial score (nSPS) is 14.5. The van der Waals surface area contributed by atoms with E-state index >= 15 is 0 Å². The lowest BCUT2D eigenvalue weighted by atomic mass is 9.60. The zero-order valence-corrected chi connectivity index (χ0v) is 26.7. The van der Waals surface area contributed by atoms with Crippen LogP contribution in [0.3, 0.4) is 0 Å². The zero-order valence-electron chi connectivity index (χ0n) is 25.8. The maximum Gasteiger partial charge on any atom is 0.312 e. The predicted molar refractivity (Wildman–Crippen MR) is 165 cm³/mol. The fourth-order valence-electron chi connectivity index (χ4n) is 5.40. The van der Waals surface area contributed by atoms with Gasteiger partial charge in [-0.1, -0.05) is 99.1 Å². The van der Waals surface area contributed by atoms with Crippen LogP contribution in [0.25, 0.3) is 0 Å². The molecule has 0 aromatic heterocycles. The molecule has 226 valence electrons. The van der Waals surface area contributed by atoms with E-state index in [1.807, 2.05) is 81.4 Å². The standard InChI is InChI=1S/C35H44O6S/c1-26-18-20-30(21-19-26)42(38,39)34(5,6)25-35(7,32(37)41-24-29-16-12-9-13-17-29)33(3,4)22-27(2)31(36)40-23-28-14-10-8-11-15-28/h8-21,27H,22-25H2,1-7H3. The fourth-order valence-corrected chi connectivity index (χ4v) is 7.01. The summed E-state index contributed by atoms with van der Waals surface area (Å²) in [6.07, 6.45) is 0.279. The number of benzene rings is 3. The van der Waals surface area contributed by atoms with Crippen molar-refractivity contribution in [3.05, 3.63) is 102 Å². The highest BCUT2D eigenvalue weighted by Gasteiger charge is 2.54. The van der Waals surface area contributed by atoms with Gasteiger partial charge < -0.3 is 9.47 Å². The number of carbonyl (C=O) groups is 2. The molecular formula is C35H44O6S. The molecule has 6 nitrogen and oxygen atoms in total. The number of esters is 2. The largest absolute Gasteiger partial charge is 0.461 e. The predicted octanol–water partition coefficient (Wildman–Crippen LogP) is 7.48. The topological polar surface area (TPSA) is 86.7 Å². The third kappa shape index (κ3) is 7.68. The van der Waals surface area contributed by atoms with E-state index in [1.165, 1.54) is 0 Å². The molecule has 3 rings (SSSR count). The van der Waals surface area contributed by atoms with E-state index < -0.39 is 37.3 Å². The van der Waals surface area contributed by atoms with E-state index in [9.17, 15) is 18.0 Å². The van der Waals surface area contributed by atoms with E-state index in [2.05, 4.69) is 0 Å².